The number of hydrogen-bond acceptors (Lipinski definition) is 2. The SMILES string of the molecule is C#CCCNCCC(=O)NC(C)C. The molecule has 13 heavy (non-hydrogen) atoms. The summed E-state index contributed by atoms with van der Waals surface area (Å²) in [6.45, 7) is 5.37. The second kappa shape index (κ2) is 7.63. The molecule has 3 nitrogen and oxygen atoms in total. The van der Waals surface area contributed by atoms with Gasteiger partial charge in [0.25, 0.3) is 0 Å². The second-order valence-corrected chi connectivity index (χ2v) is 3.18. The molecule has 0 aliphatic carbocycles. The van der Waals surface area contributed by atoms with Crippen molar-refractivity contribution in [2.45, 2.75) is 32.7 Å². The predicted molar refractivity (Wildman–Crippen MR) is 54.2 cm³/mol. The minimum Gasteiger partial charge on any atom is -0.354 e. The first-order chi connectivity index (χ1) is 6.16. The highest BCUT2D eigenvalue weighted by atomic mass is 16.1. The lowest BCUT2D eigenvalue weighted by atomic mass is 10.3. The van der Waals surface area contributed by atoms with Crippen molar-refractivity contribution in [3.63, 3.8) is 0 Å². The summed E-state index contributed by atoms with van der Waals surface area (Å²) in [5.74, 6) is 2.61. The van der Waals surface area contributed by atoms with E-state index in [0.717, 1.165) is 6.54 Å². The van der Waals surface area contributed by atoms with E-state index in [2.05, 4.69) is 16.6 Å². The van der Waals surface area contributed by atoms with E-state index in [1.165, 1.54) is 0 Å². The number of terminal acetylenes is 1. The van der Waals surface area contributed by atoms with E-state index in [4.69, 9.17) is 6.42 Å². The molecule has 0 unspecified atom stereocenters. The third kappa shape index (κ3) is 8.90. The Morgan fingerprint density at radius 1 is 1.46 bits per heavy atom. The molecule has 3 heteroatoms. The van der Waals surface area contributed by atoms with E-state index in [1.54, 1.807) is 0 Å². The van der Waals surface area contributed by atoms with Crippen LogP contribution >= 0.6 is 0 Å². The van der Waals surface area contributed by atoms with Crippen molar-refractivity contribution in [1.29, 1.82) is 0 Å². The second-order valence-electron chi connectivity index (χ2n) is 3.18. The van der Waals surface area contributed by atoms with Gasteiger partial charge in [-0.1, -0.05) is 0 Å². The van der Waals surface area contributed by atoms with Crippen molar-refractivity contribution in [3.8, 4) is 12.3 Å². The molecular weight excluding hydrogens is 164 g/mol. The van der Waals surface area contributed by atoms with Gasteiger partial charge in [0.2, 0.25) is 5.91 Å². The highest BCUT2D eigenvalue weighted by molar-refractivity contribution is 5.76. The van der Waals surface area contributed by atoms with Crippen LogP contribution in [-0.2, 0) is 4.79 Å². The zero-order valence-electron chi connectivity index (χ0n) is 8.39. The maximum atomic E-state index is 11.1. The number of carbonyl (C=O) groups excluding carboxylic acids is 1. The minimum absolute atomic E-state index is 0.0863. The molecule has 74 valence electrons. The average molecular weight is 182 g/mol. The first kappa shape index (κ1) is 12.0. The van der Waals surface area contributed by atoms with E-state index in [9.17, 15) is 4.79 Å². The minimum atomic E-state index is 0.0863. The van der Waals surface area contributed by atoms with Gasteiger partial charge < -0.3 is 10.6 Å². The fourth-order valence-corrected chi connectivity index (χ4v) is 0.882. The normalized spacial score (nSPS) is 9.69. The summed E-state index contributed by atoms with van der Waals surface area (Å²) in [6.07, 6.45) is 6.30. The van der Waals surface area contributed by atoms with Crippen LogP contribution in [0.4, 0.5) is 0 Å². The van der Waals surface area contributed by atoms with Gasteiger partial charge >= 0.3 is 0 Å². The molecule has 1 amide bonds. The molecule has 0 aromatic carbocycles. The number of carbonyl (C=O) groups is 1. The molecule has 0 saturated heterocycles. The van der Waals surface area contributed by atoms with Crippen molar-refractivity contribution in [2.24, 2.45) is 0 Å². The molecule has 0 fully saturated rings. The fourth-order valence-electron chi connectivity index (χ4n) is 0.882. The smallest absolute Gasteiger partial charge is 0.221 e. The van der Waals surface area contributed by atoms with Crippen LogP contribution in [0.25, 0.3) is 0 Å². The molecule has 0 saturated carbocycles. The Morgan fingerprint density at radius 2 is 2.15 bits per heavy atom. The molecule has 0 aliphatic rings. The third-order valence-electron chi connectivity index (χ3n) is 1.42. The summed E-state index contributed by atoms with van der Waals surface area (Å²) in [5, 5.41) is 5.90. The summed E-state index contributed by atoms with van der Waals surface area (Å²) in [6, 6.07) is 0.221. The Labute approximate surface area is 80.3 Å². The molecule has 0 heterocycles. The van der Waals surface area contributed by atoms with Crippen LogP contribution in [0.2, 0.25) is 0 Å². The molecule has 0 rings (SSSR count). The van der Waals surface area contributed by atoms with Gasteiger partial charge in [-0.25, -0.2) is 0 Å². The van der Waals surface area contributed by atoms with Gasteiger partial charge in [0.05, 0.1) is 0 Å². The van der Waals surface area contributed by atoms with E-state index >= 15 is 0 Å². The zero-order valence-corrected chi connectivity index (χ0v) is 8.39. The van der Waals surface area contributed by atoms with E-state index in [1.807, 2.05) is 13.8 Å². The molecule has 0 aromatic rings. The van der Waals surface area contributed by atoms with Crippen molar-refractivity contribution in [1.82, 2.24) is 10.6 Å². The molecule has 0 atom stereocenters. The summed E-state index contributed by atoms with van der Waals surface area (Å²) < 4.78 is 0. The summed E-state index contributed by atoms with van der Waals surface area (Å²) >= 11 is 0. The first-order valence-electron chi connectivity index (χ1n) is 4.60. The van der Waals surface area contributed by atoms with Gasteiger partial charge in [0.1, 0.15) is 0 Å². The predicted octanol–water partition coefficient (Wildman–Crippen LogP) is 0.514. The van der Waals surface area contributed by atoms with E-state index < -0.39 is 0 Å². The quantitative estimate of drug-likeness (QED) is 0.464. The maximum absolute atomic E-state index is 11.1. The molecule has 0 bridgehead atoms. The van der Waals surface area contributed by atoms with E-state index in [0.29, 0.717) is 19.4 Å². The summed E-state index contributed by atoms with van der Waals surface area (Å²) in [7, 11) is 0. The Balaban J connectivity index is 3.23. The number of hydrogen-bond donors (Lipinski definition) is 2. The highest BCUT2D eigenvalue weighted by Crippen LogP contribution is 1.82. The molecule has 0 aliphatic heterocycles. The van der Waals surface area contributed by atoms with Gasteiger partial charge in [0.15, 0.2) is 0 Å². The summed E-state index contributed by atoms with van der Waals surface area (Å²) in [5.41, 5.74) is 0. The van der Waals surface area contributed by atoms with Crippen LogP contribution in [0, 0.1) is 12.3 Å². The van der Waals surface area contributed by atoms with Crippen molar-refractivity contribution in [3.05, 3.63) is 0 Å². The number of amides is 1. The largest absolute Gasteiger partial charge is 0.354 e. The van der Waals surface area contributed by atoms with Gasteiger partial charge in [-0.15, -0.1) is 12.3 Å². The van der Waals surface area contributed by atoms with Crippen molar-refractivity contribution < 1.29 is 4.79 Å². The van der Waals surface area contributed by atoms with Gasteiger partial charge in [-0.2, -0.15) is 0 Å². The fraction of sp³-hybridized carbons (Fsp3) is 0.700. The Hall–Kier alpha value is -1.01. The van der Waals surface area contributed by atoms with Gasteiger partial charge in [0, 0.05) is 32.0 Å². The third-order valence-corrected chi connectivity index (χ3v) is 1.42. The lowest BCUT2D eigenvalue weighted by Gasteiger charge is -2.08. The van der Waals surface area contributed by atoms with Crippen molar-refractivity contribution >= 4 is 5.91 Å². The lowest BCUT2D eigenvalue weighted by molar-refractivity contribution is -0.121. The van der Waals surface area contributed by atoms with Crippen LogP contribution in [-0.4, -0.2) is 25.0 Å². The van der Waals surface area contributed by atoms with Crippen molar-refractivity contribution in [2.75, 3.05) is 13.1 Å². The van der Waals surface area contributed by atoms with Gasteiger partial charge in [-0.05, 0) is 13.8 Å². The Morgan fingerprint density at radius 3 is 2.69 bits per heavy atom. The summed E-state index contributed by atoms with van der Waals surface area (Å²) in [4.78, 5) is 11.1. The van der Waals surface area contributed by atoms with Crippen LogP contribution in [0.3, 0.4) is 0 Å². The standard InChI is InChI=1S/C10H18N2O/c1-4-5-7-11-8-6-10(13)12-9(2)3/h1,9,11H,5-8H2,2-3H3,(H,12,13). The number of rotatable bonds is 6. The number of nitrogens with one attached hydrogen (secondary N) is 2. The van der Waals surface area contributed by atoms with Crippen LogP contribution < -0.4 is 10.6 Å². The first-order valence-corrected chi connectivity index (χ1v) is 4.60. The topological polar surface area (TPSA) is 41.1 Å². The van der Waals surface area contributed by atoms with Crippen LogP contribution in [0.5, 0.6) is 0 Å². The highest BCUT2D eigenvalue weighted by Gasteiger charge is 2.01. The maximum Gasteiger partial charge on any atom is 0.221 e. The Bertz CT molecular complexity index is 182. The van der Waals surface area contributed by atoms with E-state index in [-0.39, 0.29) is 11.9 Å². The van der Waals surface area contributed by atoms with Crippen LogP contribution in [0.15, 0.2) is 0 Å². The molecule has 2 N–H and O–H groups in total. The van der Waals surface area contributed by atoms with Crippen LogP contribution in [0.1, 0.15) is 26.7 Å². The molecule has 0 aromatic heterocycles. The molecular formula is C10H18N2O. The average Bonchev–Trinajstić information content (AvgIpc) is 2.02. The molecule has 0 spiro atoms. The monoisotopic (exact) mass is 182 g/mol. The zero-order chi connectivity index (χ0) is 10.1. The van der Waals surface area contributed by atoms with Gasteiger partial charge in [-0.3, -0.25) is 4.79 Å². The molecule has 0 radical (unpaired) electrons. The Kier molecular flexibility index (Phi) is 7.04. The lowest BCUT2D eigenvalue weighted by Crippen LogP contribution is -2.32.